The molecule has 148 valence electrons. The smallest absolute Gasteiger partial charge is 0.248 e. The largest absolute Gasteiger partial charge is 0.489 e. The van der Waals surface area contributed by atoms with Gasteiger partial charge in [0.15, 0.2) is 0 Å². The van der Waals surface area contributed by atoms with Crippen LogP contribution in [0.5, 0.6) is 5.75 Å². The van der Waals surface area contributed by atoms with Crippen molar-refractivity contribution < 1.29 is 9.53 Å². The van der Waals surface area contributed by atoms with Crippen molar-refractivity contribution in [3.8, 4) is 11.4 Å². The number of nitrogens with one attached hydrogen (secondary N) is 1. The van der Waals surface area contributed by atoms with Gasteiger partial charge in [-0.1, -0.05) is 30.3 Å². The van der Waals surface area contributed by atoms with Crippen LogP contribution in [-0.2, 0) is 11.4 Å². The van der Waals surface area contributed by atoms with E-state index < -0.39 is 0 Å². The van der Waals surface area contributed by atoms with E-state index in [9.17, 15) is 4.79 Å². The second kappa shape index (κ2) is 9.34. The molecule has 6 nitrogen and oxygen atoms in total. The lowest BCUT2D eigenvalue weighted by molar-refractivity contribution is -0.111. The van der Waals surface area contributed by atoms with Gasteiger partial charge in [0.1, 0.15) is 12.4 Å². The molecule has 0 aliphatic rings. The van der Waals surface area contributed by atoms with Gasteiger partial charge < -0.3 is 10.1 Å². The zero-order valence-electron chi connectivity index (χ0n) is 16.2. The minimum atomic E-state index is -0.230. The van der Waals surface area contributed by atoms with Crippen molar-refractivity contribution in [1.29, 1.82) is 0 Å². The highest BCUT2D eigenvalue weighted by Gasteiger charge is 2.02. The van der Waals surface area contributed by atoms with Gasteiger partial charge in [-0.05, 0) is 36.4 Å². The van der Waals surface area contributed by atoms with Gasteiger partial charge in [0.2, 0.25) is 5.91 Å². The summed E-state index contributed by atoms with van der Waals surface area (Å²) in [5, 5.41) is 7.16. The molecule has 0 spiro atoms. The number of hydrogen-bond acceptors (Lipinski definition) is 4. The van der Waals surface area contributed by atoms with Crippen molar-refractivity contribution in [1.82, 2.24) is 14.8 Å². The van der Waals surface area contributed by atoms with Gasteiger partial charge in [0.05, 0.1) is 11.9 Å². The van der Waals surface area contributed by atoms with Crippen LogP contribution in [0, 0.1) is 0 Å². The molecule has 6 heteroatoms. The number of benzene rings is 2. The fraction of sp³-hybridized carbons (Fsp3) is 0.0417. The highest BCUT2D eigenvalue weighted by molar-refractivity contribution is 6.01. The highest BCUT2D eigenvalue weighted by atomic mass is 16.5. The van der Waals surface area contributed by atoms with Crippen LogP contribution in [0.1, 0.15) is 11.1 Å². The van der Waals surface area contributed by atoms with Gasteiger partial charge >= 0.3 is 0 Å². The lowest BCUT2D eigenvalue weighted by Gasteiger charge is -2.08. The Morgan fingerprint density at radius 2 is 1.93 bits per heavy atom. The zero-order chi connectivity index (χ0) is 20.6. The molecule has 0 atom stereocenters. The van der Waals surface area contributed by atoms with E-state index in [0.717, 1.165) is 16.8 Å². The zero-order valence-corrected chi connectivity index (χ0v) is 16.2. The molecule has 2 heterocycles. The summed E-state index contributed by atoms with van der Waals surface area (Å²) in [5.74, 6) is 0.441. The van der Waals surface area contributed by atoms with Crippen LogP contribution >= 0.6 is 0 Å². The number of ether oxygens (including phenoxy) is 1. The monoisotopic (exact) mass is 396 g/mol. The molecule has 0 unspecified atom stereocenters. The first-order chi connectivity index (χ1) is 14.8. The van der Waals surface area contributed by atoms with Gasteiger partial charge in [0, 0.05) is 47.5 Å². The number of carbonyl (C=O) groups is 1. The molecule has 2 aromatic heterocycles. The number of para-hydroxylation sites is 1. The minimum absolute atomic E-state index is 0.230. The summed E-state index contributed by atoms with van der Waals surface area (Å²) in [6.07, 6.45) is 10.3. The summed E-state index contributed by atoms with van der Waals surface area (Å²) in [4.78, 5) is 16.3. The summed E-state index contributed by atoms with van der Waals surface area (Å²) in [6, 6.07) is 20.9. The van der Waals surface area contributed by atoms with E-state index in [0.29, 0.717) is 18.0 Å². The van der Waals surface area contributed by atoms with E-state index in [2.05, 4.69) is 15.4 Å². The number of rotatable bonds is 7. The first kappa shape index (κ1) is 19.1. The Morgan fingerprint density at radius 3 is 2.77 bits per heavy atom. The fourth-order valence-corrected chi connectivity index (χ4v) is 2.81. The molecular weight excluding hydrogens is 376 g/mol. The van der Waals surface area contributed by atoms with E-state index in [1.54, 1.807) is 35.4 Å². The molecule has 4 rings (SSSR count). The van der Waals surface area contributed by atoms with E-state index in [1.807, 2.05) is 66.9 Å². The maximum absolute atomic E-state index is 12.3. The third-order valence-corrected chi connectivity index (χ3v) is 4.28. The van der Waals surface area contributed by atoms with Crippen LogP contribution in [0.15, 0.2) is 97.6 Å². The van der Waals surface area contributed by atoms with Crippen LogP contribution in [0.4, 0.5) is 5.69 Å². The molecule has 1 amide bonds. The van der Waals surface area contributed by atoms with Crippen molar-refractivity contribution in [3.05, 3.63) is 109 Å². The number of hydrogen-bond donors (Lipinski definition) is 1. The molecule has 4 aromatic rings. The Morgan fingerprint density at radius 1 is 1.03 bits per heavy atom. The lowest BCUT2D eigenvalue weighted by atomic mass is 10.2. The third-order valence-electron chi connectivity index (χ3n) is 4.28. The predicted octanol–water partition coefficient (Wildman–Crippen LogP) is 4.50. The summed E-state index contributed by atoms with van der Waals surface area (Å²) in [5.41, 5.74) is 3.44. The Balaban J connectivity index is 1.34. The first-order valence-electron chi connectivity index (χ1n) is 9.47. The van der Waals surface area contributed by atoms with Crippen LogP contribution in [0.2, 0.25) is 0 Å². The van der Waals surface area contributed by atoms with Gasteiger partial charge in [-0.3, -0.25) is 9.78 Å². The number of aromatic nitrogens is 3. The number of nitrogens with zero attached hydrogens (tertiary/aromatic N) is 3. The number of pyridine rings is 1. The highest BCUT2D eigenvalue weighted by Crippen LogP contribution is 2.18. The quantitative estimate of drug-likeness (QED) is 0.467. The first-order valence-corrected chi connectivity index (χ1v) is 9.47. The van der Waals surface area contributed by atoms with Crippen LogP contribution in [0.25, 0.3) is 11.8 Å². The van der Waals surface area contributed by atoms with Crippen molar-refractivity contribution in [2.75, 3.05) is 5.32 Å². The number of anilines is 1. The summed E-state index contributed by atoms with van der Waals surface area (Å²) in [7, 11) is 0. The average Bonchev–Trinajstić information content (AvgIpc) is 3.27. The minimum Gasteiger partial charge on any atom is -0.489 e. The molecule has 0 saturated carbocycles. The predicted molar refractivity (Wildman–Crippen MR) is 116 cm³/mol. The standard InChI is InChI=1S/C24H20N4O2/c29-24(12-11-19-16-26-28(17-19)22-8-2-1-3-9-22)27-21-7-4-10-23(14-21)30-18-20-6-5-13-25-15-20/h1-17H,18H2,(H,27,29). The molecule has 0 bridgehead atoms. The Hall–Kier alpha value is -4.19. The molecule has 1 N–H and O–H groups in total. The average molecular weight is 396 g/mol. The topological polar surface area (TPSA) is 69.0 Å². The molecule has 0 fully saturated rings. The Labute approximate surface area is 174 Å². The second-order valence-electron chi connectivity index (χ2n) is 6.55. The second-order valence-corrected chi connectivity index (χ2v) is 6.55. The summed E-state index contributed by atoms with van der Waals surface area (Å²) >= 11 is 0. The van der Waals surface area contributed by atoms with Crippen LogP contribution in [0.3, 0.4) is 0 Å². The normalized spacial score (nSPS) is 10.8. The van der Waals surface area contributed by atoms with Crippen molar-refractivity contribution in [2.45, 2.75) is 6.61 Å². The van der Waals surface area contributed by atoms with E-state index in [1.165, 1.54) is 6.08 Å². The molecule has 0 radical (unpaired) electrons. The number of carbonyl (C=O) groups excluding carboxylic acids is 1. The van der Waals surface area contributed by atoms with Crippen LogP contribution in [-0.4, -0.2) is 20.7 Å². The van der Waals surface area contributed by atoms with Crippen molar-refractivity contribution in [2.24, 2.45) is 0 Å². The molecular formula is C24H20N4O2. The van der Waals surface area contributed by atoms with Crippen molar-refractivity contribution >= 4 is 17.7 Å². The third kappa shape index (κ3) is 5.20. The summed E-state index contributed by atoms with van der Waals surface area (Å²) in [6.45, 7) is 0.413. The molecule has 0 aliphatic carbocycles. The van der Waals surface area contributed by atoms with Gasteiger partial charge in [-0.25, -0.2) is 4.68 Å². The Kier molecular flexibility index (Phi) is 5.96. The molecule has 2 aromatic carbocycles. The maximum atomic E-state index is 12.3. The molecule has 0 aliphatic heterocycles. The van der Waals surface area contributed by atoms with Gasteiger partial charge in [0.25, 0.3) is 0 Å². The van der Waals surface area contributed by atoms with E-state index in [4.69, 9.17) is 4.74 Å². The van der Waals surface area contributed by atoms with Gasteiger partial charge in [-0.2, -0.15) is 5.10 Å². The van der Waals surface area contributed by atoms with E-state index in [-0.39, 0.29) is 5.91 Å². The van der Waals surface area contributed by atoms with Gasteiger partial charge in [-0.15, -0.1) is 0 Å². The molecule has 0 saturated heterocycles. The van der Waals surface area contributed by atoms with Crippen molar-refractivity contribution in [3.63, 3.8) is 0 Å². The maximum Gasteiger partial charge on any atom is 0.248 e. The Bertz CT molecular complexity index is 1140. The number of amides is 1. The summed E-state index contributed by atoms with van der Waals surface area (Å²) < 4.78 is 7.53. The molecule has 30 heavy (non-hydrogen) atoms. The fourth-order valence-electron chi connectivity index (χ4n) is 2.81. The lowest BCUT2D eigenvalue weighted by Crippen LogP contribution is -2.07. The SMILES string of the molecule is O=C(C=Cc1cnn(-c2ccccc2)c1)Nc1cccc(OCc2cccnc2)c1. The van der Waals surface area contributed by atoms with E-state index >= 15 is 0 Å². The van der Waals surface area contributed by atoms with Crippen LogP contribution < -0.4 is 10.1 Å².